The lowest BCUT2D eigenvalue weighted by Gasteiger charge is -2.36. The molecule has 2 saturated heterocycles. The molecule has 3 aromatic rings. The molecule has 0 N–H and O–H groups in total. The number of halogens is 1. The number of hydrogen-bond donors (Lipinski definition) is 0. The van der Waals surface area contributed by atoms with Gasteiger partial charge in [-0.15, -0.1) is 11.3 Å². The molecule has 8 nitrogen and oxygen atoms in total. The van der Waals surface area contributed by atoms with E-state index in [1.807, 2.05) is 34.1 Å². The number of likely N-dealkylation sites (tertiary alicyclic amines) is 1. The zero-order valence-corrected chi connectivity index (χ0v) is 22.1. The number of hydrogen-bond acceptors (Lipinski definition) is 6. The number of carbonyl (C=O) groups is 2. The lowest BCUT2D eigenvalue weighted by molar-refractivity contribution is -0.133. The second kappa shape index (κ2) is 10.2. The first-order valence-corrected chi connectivity index (χ1v) is 13.6. The molecular weight excluding hydrogens is 498 g/mol. The summed E-state index contributed by atoms with van der Waals surface area (Å²) in [5.74, 6) is 0.331. The Hall–Kier alpha value is -2.91. The third-order valence-corrected chi connectivity index (χ3v) is 8.59. The summed E-state index contributed by atoms with van der Waals surface area (Å²) in [5.41, 5.74) is 1.42. The number of piperidine rings is 1. The van der Waals surface area contributed by atoms with Crippen LogP contribution in [-0.4, -0.2) is 70.4 Å². The standard InChI is InChI=1S/C26H30ClN5O3S/c1-17-5-4-8-31(14-17)21(33)15-32-16-28-24-22(25(32)34)18(2)23(36-24)26(35)30-11-9-29(10-12-30)20-7-3-6-19(27)13-20/h3,6-7,13,16-17H,4-5,8-12,14-15H2,1-2H3. The summed E-state index contributed by atoms with van der Waals surface area (Å²) in [5, 5.41) is 1.13. The molecule has 1 atom stereocenters. The predicted molar refractivity (Wildman–Crippen MR) is 143 cm³/mol. The maximum absolute atomic E-state index is 13.4. The highest BCUT2D eigenvalue weighted by Crippen LogP contribution is 2.29. The molecule has 36 heavy (non-hydrogen) atoms. The van der Waals surface area contributed by atoms with Crippen molar-refractivity contribution in [2.45, 2.75) is 33.2 Å². The van der Waals surface area contributed by atoms with Crippen molar-refractivity contribution in [1.29, 1.82) is 0 Å². The lowest BCUT2D eigenvalue weighted by atomic mass is 10.0. The number of aryl methyl sites for hydroxylation is 1. The second-order valence-corrected chi connectivity index (χ2v) is 11.2. The number of benzene rings is 1. The van der Waals surface area contributed by atoms with Crippen LogP contribution in [0.2, 0.25) is 5.02 Å². The Morgan fingerprint density at radius 1 is 1.14 bits per heavy atom. The minimum Gasteiger partial charge on any atom is -0.368 e. The molecule has 2 amide bonds. The summed E-state index contributed by atoms with van der Waals surface area (Å²) in [4.78, 5) is 50.9. The van der Waals surface area contributed by atoms with Gasteiger partial charge in [0, 0.05) is 50.0 Å². The van der Waals surface area contributed by atoms with Gasteiger partial charge in [-0.3, -0.25) is 19.0 Å². The van der Waals surface area contributed by atoms with Crippen molar-refractivity contribution in [3.8, 4) is 0 Å². The molecule has 0 aliphatic carbocycles. The van der Waals surface area contributed by atoms with Gasteiger partial charge < -0.3 is 14.7 Å². The fourth-order valence-electron chi connectivity index (χ4n) is 5.12. The summed E-state index contributed by atoms with van der Waals surface area (Å²) in [7, 11) is 0. The Labute approximate surface area is 219 Å². The highest BCUT2D eigenvalue weighted by atomic mass is 35.5. The van der Waals surface area contributed by atoms with E-state index < -0.39 is 0 Å². The zero-order chi connectivity index (χ0) is 25.4. The van der Waals surface area contributed by atoms with Crippen molar-refractivity contribution in [1.82, 2.24) is 19.4 Å². The molecule has 0 spiro atoms. The summed E-state index contributed by atoms with van der Waals surface area (Å²) < 4.78 is 1.38. The van der Waals surface area contributed by atoms with Crippen LogP contribution in [0.1, 0.15) is 35.0 Å². The van der Waals surface area contributed by atoms with Crippen LogP contribution in [-0.2, 0) is 11.3 Å². The van der Waals surface area contributed by atoms with E-state index in [4.69, 9.17) is 11.6 Å². The minimum absolute atomic E-state index is 0.0292. The van der Waals surface area contributed by atoms with E-state index in [1.54, 1.807) is 6.92 Å². The molecule has 1 aromatic carbocycles. The summed E-state index contributed by atoms with van der Waals surface area (Å²) in [6.45, 7) is 7.95. The number of rotatable bonds is 4. The van der Waals surface area contributed by atoms with Gasteiger partial charge in [-0.05, 0) is 49.4 Å². The predicted octanol–water partition coefficient (Wildman–Crippen LogP) is 3.64. The molecular formula is C26H30ClN5O3S. The van der Waals surface area contributed by atoms with Crippen molar-refractivity contribution in [3.63, 3.8) is 0 Å². The SMILES string of the molecule is Cc1c(C(=O)N2CCN(c3cccc(Cl)c3)CC2)sc2ncn(CC(=O)N3CCCC(C)C3)c(=O)c12. The molecule has 2 aliphatic rings. The van der Waals surface area contributed by atoms with Gasteiger partial charge in [0.25, 0.3) is 11.5 Å². The van der Waals surface area contributed by atoms with Crippen LogP contribution < -0.4 is 10.5 Å². The van der Waals surface area contributed by atoms with Gasteiger partial charge in [-0.1, -0.05) is 24.6 Å². The number of nitrogens with zero attached hydrogens (tertiary/aromatic N) is 5. The Morgan fingerprint density at radius 2 is 1.92 bits per heavy atom. The molecule has 1 unspecified atom stereocenters. The summed E-state index contributed by atoms with van der Waals surface area (Å²) in [6.07, 6.45) is 3.54. The molecule has 2 aromatic heterocycles. The van der Waals surface area contributed by atoms with E-state index in [0.29, 0.717) is 57.8 Å². The van der Waals surface area contributed by atoms with Crippen LogP contribution in [0.25, 0.3) is 10.2 Å². The van der Waals surface area contributed by atoms with Crippen LogP contribution in [0.5, 0.6) is 0 Å². The highest BCUT2D eigenvalue weighted by Gasteiger charge is 2.27. The topological polar surface area (TPSA) is 78.8 Å². The molecule has 0 saturated carbocycles. The van der Waals surface area contributed by atoms with E-state index in [1.165, 1.54) is 22.2 Å². The van der Waals surface area contributed by atoms with E-state index in [2.05, 4.69) is 16.8 Å². The normalized spacial score (nSPS) is 18.6. The lowest BCUT2D eigenvalue weighted by Crippen LogP contribution is -2.48. The first kappa shape index (κ1) is 24.8. The third kappa shape index (κ3) is 4.86. The fraction of sp³-hybridized carbons (Fsp3) is 0.462. The number of thiophene rings is 1. The molecule has 190 valence electrons. The second-order valence-electron chi connectivity index (χ2n) is 9.76. The molecule has 4 heterocycles. The number of aromatic nitrogens is 2. The van der Waals surface area contributed by atoms with Crippen LogP contribution >= 0.6 is 22.9 Å². The minimum atomic E-state index is -0.267. The number of amides is 2. The monoisotopic (exact) mass is 527 g/mol. The van der Waals surface area contributed by atoms with E-state index >= 15 is 0 Å². The number of fused-ring (bicyclic) bond motifs is 1. The molecule has 5 rings (SSSR count). The van der Waals surface area contributed by atoms with Gasteiger partial charge in [-0.25, -0.2) is 4.98 Å². The van der Waals surface area contributed by atoms with Crippen molar-refractivity contribution >= 4 is 50.7 Å². The van der Waals surface area contributed by atoms with Gasteiger partial charge in [0.05, 0.1) is 16.6 Å². The number of piperazine rings is 1. The van der Waals surface area contributed by atoms with E-state index in [-0.39, 0.29) is 23.9 Å². The largest absolute Gasteiger partial charge is 0.368 e. The summed E-state index contributed by atoms with van der Waals surface area (Å²) >= 11 is 7.38. The highest BCUT2D eigenvalue weighted by molar-refractivity contribution is 7.20. The quantitative estimate of drug-likeness (QED) is 0.517. The maximum atomic E-state index is 13.4. The van der Waals surface area contributed by atoms with Crippen molar-refractivity contribution in [2.24, 2.45) is 5.92 Å². The first-order chi connectivity index (χ1) is 17.3. The molecule has 2 aliphatic heterocycles. The average Bonchev–Trinajstić information content (AvgIpc) is 3.22. The van der Waals surface area contributed by atoms with E-state index in [9.17, 15) is 14.4 Å². The smallest absolute Gasteiger partial charge is 0.264 e. The summed E-state index contributed by atoms with van der Waals surface area (Å²) in [6, 6.07) is 7.73. The fourth-order valence-corrected chi connectivity index (χ4v) is 6.41. The molecule has 10 heteroatoms. The number of carbonyl (C=O) groups excluding carboxylic acids is 2. The molecule has 0 bridgehead atoms. The van der Waals surface area contributed by atoms with Crippen molar-refractivity contribution in [3.05, 3.63) is 56.4 Å². The Morgan fingerprint density at radius 3 is 2.64 bits per heavy atom. The van der Waals surface area contributed by atoms with E-state index in [0.717, 1.165) is 31.6 Å². The van der Waals surface area contributed by atoms with Crippen molar-refractivity contribution in [2.75, 3.05) is 44.2 Å². The number of anilines is 1. The maximum Gasteiger partial charge on any atom is 0.264 e. The van der Waals surface area contributed by atoms with Gasteiger partial charge >= 0.3 is 0 Å². The van der Waals surface area contributed by atoms with Crippen LogP contribution in [0, 0.1) is 12.8 Å². The van der Waals surface area contributed by atoms with Gasteiger partial charge in [0.2, 0.25) is 5.91 Å². The van der Waals surface area contributed by atoms with Crippen LogP contribution in [0.3, 0.4) is 0 Å². The zero-order valence-electron chi connectivity index (χ0n) is 20.6. The van der Waals surface area contributed by atoms with Gasteiger partial charge in [0.15, 0.2) is 0 Å². The first-order valence-electron chi connectivity index (χ1n) is 12.4. The Kier molecular flexibility index (Phi) is 7.03. The van der Waals surface area contributed by atoms with Crippen LogP contribution in [0.4, 0.5) is 5.69 Å². The third-order valence-electron chi connectivity index (χ3n) is 7.17. The molecule has 0 radical (unpaired) electrons. The molecule has 2 fully saturated rings. The van der Waals surface area contributed by atoms with Gasteiger partial charge in [-0.2, -0.15) is 0 Å². The van der Waals surface area contributed by atoms with Crippen molar-refractivity contribution < 1.29 is 9.59 Å². The van der Waals surface area contributed by atoms with Gasteiger partial charge in [0.1, 0.15) is 11.4 Å². The average molecular weight is 528 g/mol. The van der Waals surface area contributed by atoms with Crippen LogP contribution in [0.15, 0.2) is 35.4 Å². The Balaban J connectivity index is 1.31. The Bertz CT molecular complexity index is 1360.